The van der Waals surface area contributed by atoms with Crippen LogP contribution in [-0.2, 0) is 14.8 Å². The fourth-order valence-corrected chi connectivity index (χ4v) is 2.96. The van der Waals surface area contributed by atoms with E-state index in [0.717, 1.165) is 0 Å². The van der Waals surface area contributed by atoms with Gasteiger partial charge in [0.1, 0.15) is 4.99 Å². The summed E-state index contributed by atoms with van der Waals surface area (Å²) in [7, 11) is -3.80. The van der Waals surface area contributed by atoms with E-state index in [1.54, 1.807) is 6.92 Å². The maximum atomic E-state index is 12.0. The third-order valence-electron chi connectivity index (χ3n) is 2.53. The third kappa shape index (κ3) is 3.72. The van der Waals surface area contributed by atoms with Gasteiger partial charge in [-0.25, -0.2) is 8.42 Å². The lowest BCUT2D eigenvalue weighted by molar-refractivity contribution is -0.119. The van der Waals surface area contributed by atoms with Gasteiger partial charge in [-0.05, 0) is 31.5 Å². The molecule has 8 heteroatoms. The molecule has 1 rings (SSSR count). The minimum absolute atomic E-state index is 0.0260. The number of rotatable bonds is 5. The number of nitrogens with two attached hydrogens (primary N) is 2. The molecule has 104 valence electrons. The molecule has 0 aliphatic heterocycles. The third-order valence-corrected chi connectivity index (χ3v) is 4.29. The van der Waals surface area contributed by atoms with Crippen LogP contribution >= 0.6 is 12.2 Å². The van der Waals surface area contributed by atoms with Crippen molar-refractivity contribution in [1.82, 2.24) is 4.72 Å². The maximum absolute atomic E-state index is 12.0. The van der Waals surface area contributed by atoms with Gasteiger partial charge in [0, 0.05) is 5.56 Å². The normalized spacial score (nSPS) is 12.9. The topological polar surface area (TPSA) is 115 Å². The van der Waals surface area contributed by atoms with Crippen molar-refractivity contribution in [3.8, 4) is 0 Å². The van der Waals surface area contributed by atoms with Crippen LogP contribution in [0, 0.1) is 6.92 Å². The Morgan fingerprint density at radius 1 is 1.37 bits per heavy atom. The zero-order chi connectivity index (χ0) is 14.8. The standard InChI is InChI=1S/C11H15N3O3S2/c1-6-5-8(3-4-9(6)11(13)18)19(16,17)14-7(2)10(12)15/h3-5,7,14H,1-2H3,(H2,12,15)(H2,13,18). The summed E-state index contributed by atoms with van der Waals surface area (Å²) in [6.45, 7) is 3.07. The van der Waals surface area contributed by atoms with Gasteiger partial charge >= 0.3 is 0 Å². The second kappa shape index (κ2) is 5.64. The summed E-state index contributed by atoms with van der Waals surface area (Å²) >= 11 is 4.84. The number of benzene rings is 1. The van der Waals surface area contributed by atoms with Gasteiger partial charge in [0.15, 0.2) is 0 Å². The smallest absolute Gasteiger partial charge is 0.241 e. The van der Waals surface area contributed by atoms with Crippen LogP contribution in [0.25, 0.3) is 0 Å². The van der Waals surface area contributed by atoms with Gasteiger partial charge < -0.3 is 11.5 Å². The van der Waals surface area contributed by atoms with E-state index in [1.807, 2.05) is 0 Å². The Labute approximate surface area is 117 Å². The molecule has 1 amide bonds. The van der Waals surface area contributed by atoms with E-state index in [1.165, 1.54) is 25.1 Å². The van der Waals surface area contributed by atoms with Crippen molar-refractivity contribution in [3.63, 3.8) is 0 Å². The van der Waals surface area contributed by atoms with Crippen LogP contribution in [0.15, 0.2) is 23.1 Å². The Morgan fingerprint density at radius 2 is 1.95 bits per heavy atom. The SMILES string of the molecule is Cc1cc(S(=O)(=O)NC(C)C(N)=O)ccc1C(N)=S. The molecular formula is C11H15N3O3S2. The first kappa shape index (κ1) is 15.5. The van der Waals surface area contributed by atoms with Crippen molar-refractivity contribution in [2.45, 2.75) is 24.8 Å². The summed E-state index contributed by atoms with van der Waals surface area (Å²) in [6.07, 6.45) is 0. The number of thiocarbonyl (C=S) groups is 1. The molecule has 19 heavy (non-hydrogen) atoms. The highest BCUT2D eigenvalue weighted by atomic mass is 32.2. The molecule has 1 unspecified atom stereocenters. The Hall–Kier alpha value is -1.51. The van der Waals surface area contributed by atoms with Crippen molar-refractivity contribution in [2.24, 2.45) is 11.5 Å². The molecule has 0 heterocycles. The number of nitrogens with one attached hydrogen (secondary N) is 1. The lowest BCUT2D eigenvalue weighted by Crippen LogP contribution is -2.42. The van der Waals surface area contributed by atoms with Crippen LogP contribution in [0.5, 0.6) is 0 Å². The molecule has 0 saturated carbocycles. The van der Waals surface area contributed by atoms with E-state index in [4.69, 9.17) is 23.7 Å². The summed E-state index contributed by atoms with van der Waals surface area (Å²) in [5.74, 6) is -0.750. The molecule has 0 aliphatic rings. The molecular weight excluding hydrogens is 286 g/mol. The van der Waals surface area contributed by atoms with E-state index in [2.05, 4.69) is 4.72 Å². The van der Waals surface area contributed by atoms with Gasteiger partial charge in [-0.3, -0.25) is 4.79 Å². The van der Waals surface area contributed by atoms with Gasteiger partial charge in [-0.1, -0.05) is 18.3 Å². The van der Waals surface area contributed by atoms with Crippen molar-refractivity contribution < 1.29 is 13.2 Å². The van der Waals surface area contributed by atoms with Crippen molar-refractivity contribution in [2.75, 3.05) is 0 Å². The lowest BCUT2D eigenvalue weighted by atomic mass is 10.1. The first-order valence-corrected chi connectivity index (χ1v) is 7.26. The van der Waals surface area contributed by atoms with E-state index >= 15 is 0 Å². The van der Waals surface area contributed by atoms with E-state index in [9.17, 15) is 13.2 Å². The average Bonchev–Trinajstić information content (AvgIpc) is 2.27. The largest absolute Gasteiger partial charge is 0.389 e. The highest BCUT2D eigenvalue weighted by Crippen LogP contribution is 2.15. The second-order valence-corrected chi connectivity index (χ2v) is 6.24. The first-order chi connectivity index (χ1) is 8.65. The van der Waals surface area contributed by atoms with E-state index in [-0.39, 0.29) is 9.88 Å². The fourth-order valence-electron chi connectivity index (χ4n) is 1.44. The summed E-state index contributed by atoms with van der Waals surface area (Å²) in [4.78, 5) is 11.1. The first-order valence-electron chi connectivity index (χ1n) is 5.37. The summed E-state index contributed by atoms with van der Waals surface area (Å²) in [5.41, 5.74) is 11.8. The Bertz CT molecular complexity index is 626. The summed E-state index contributed by atoms with van der Waals surface area (Å²) in [6, 6.07) is 3.35. The second-order valence-electron chi connectivity index (χ2n) is 4.09. The van der Waals surface area contributed by atoms with Gasteiger partial charge in [0.25, 0.3) is 0 Å². The maximum Gasteiger partial charge on any atom is 0.241 e. The number of hydrogen-bond acceptors (Lipinski definition) is 4. The van der Waals surface area contributed by atoms with Crippen LogP contribution < -0.4 is 16.2 Å². The predicted molar refractivity (Wildman–Crippen MR) is 76.0 cm³/mol. The number of aryl methyl sites for hydroxylation is 1. The molecule has 0 aromatic heterocycles. The molecule has 0 radical (unpaired) electrons. The minimum Gasteiger partial charge on any atom is -0.389 e. The van der Waals surface area contributed by atoms with Crippen molar-refractivity contribution in [1.29, 1.82) is 0 Å². The summed E-state index contributed by atoms with van der Waals surface area (Å²) in [5, 5.41) is 0. The molecule has 1 aromatic carbocycles. The number of amides is 1. The molecule has 0 aliphatic carbocycles. The van der Waals surface area contributed by atoms with Crippen LogP contribution in [0.4, 0.5) is 0 Å². The zero-order valence-electron chi connectivity index (χ0n) is 10.5. The number of sulfonamides is 1. The molecule has 0 saturated heterocycles. The number of carbonyl (C=O) groups excluding carboxylic acids is 1. The average molecular weight is 301 g/mol. The molecule has 1 aromatic rings. The van der Waals surface area contributed by atoms with Crippen LogP contribution in [-0.4, -0.2) is 25.4 Å². The molecule has 5 N–H and O–H groups in total. The van der Waals surface area contributed by atoms with Gasteiger partial charge in [0.05, 0.1) is 10.9 Å². The van der Waals surface area contributed by atoms with E-state index in [0.29, 0.717) is 11.1 Å². The van der Waals surface area contributed by atoms with Gasteiger partial charge in [-0.15, -0.1) is 0 Å². The van der Waals surface area contributed by atoms with Gasteiger partial charge in [-0.2, -0.15) is 4.72 Å². The number of hydrogen-bond donors (Lipinski definition) is 3. The van der Waals surface area contributed by atoms with E-state index < -0.39 is 22.0 Å². The van der Waals surface area contributed by atoms with Crippen LogP contribution in [0.3, 0.4) is 0 Å². The molecule has 1 atom stereocenters. The van der Waals surface area contributed by atoms with Crippen molar-refractivity contribution in [3.05, 3.63) is 29.3 Å². The molecule has 6 nitrogen and oxygen atoms in total. The molecule has 0 spiro atoms. The highest BCUT2D eigenvalue weighted by molar-refractivity contribution is 7.89. The van der Waals surface area contributed by atoms with Crippen molar-refractivity contribution >= 4 is 33.1 Å². The quantitative estimate of drug-likeness (QED) is 0.650. The predicted octanol–water partition coefficient (Wildman–Crippen LogP) is -0.219. The lowest BCUT2D eigenvalue weighted by Gasteiger charge is -2.12. The number of primary amides is 1. The monoisotopic (exact) mass is 301 g/mol. The zero-order valence-corrected chi connectivity index (χ0v) is 12.1. The van der Waals surface area contributed by atoms with Crippen LogP contribution in [0.1, 0.15) is 18.1 Å². The number of carbonyl (C=O) groups is 1. The minimum atomic E-state index is -3.80. The Morgan fingerprint density at radius 3 is 2.37 bits per heavy atom. The van der Waals surface area contributed by atoms with Gasteiger partial charge in [0.2, 0.25) is 15.9 Å². The Kier molecular flexibility index (Phi) is 4.61. The molecule has 0 bridgehead atoms. The van der Waals surface area contributed by atoms with Crippen LogP contribution in [0.2, 0.25) is 0 Å². The fraction of sp³-hybridized carbons (Fsp3) is 0.273. The summed E-state index contributed by atoms with van der Waals surface area (Å²) < 4.78 is 26.2. The Balaban J connectivity index is 3.13. The highest BCUT2D eigenvalue weighted by Gasteiger charge is 2.21. The molecule has 0 fully saturated rings.